The van der Waals surface area contributed by atoms with Gasteiger partial charge in [-0.05, 0) is 74.1 Å². The Morgan fingerprint density at radius 3 is 2.33 bits per heavy atom. The van der Waals surface area contributed by atoms with Crippen molar-refractivity contribution in [3.8, 4) is 0 Å². The smallest absolute Gasteiger partial charge is 0.220 e. The van der Waals surface area contributed by atoms with Gasteiger partial charge in [0.05, 0.1) is 0 Å². The predicted molar refractivity (Wildman–Crippen MR) is 81.5 cm³/mol. The Morgan fingerprint density at radius 2 is 1.71 bits per heavy atom. The summed E-state index contributed by atoms with van der Waals surface area (Å²) in [7, 11) is 0. The van der Waals surface area contributed by atoms with Crippen LogP contribution < -0.4 is 5.32 Å². The van der Waals surface area contributed by atoms with Gasteiger partial charge in [-0.25, -0.2) is 0 Å². The van der Waals surface area contributed by atoms with Gasteiger partial charge in [-0.2, -0.15) is 0 Å². The molecule has 1 amide bonds. The molecule has 4 bridgehead atoms. The van der Waals surface area contributed by atoms with E-state index in [4.69, 9.17) is 5.53 Å². The number of amides is 1. The van der Waals surface area contributed by atoms with Crippen molar-refractivity contribution in [2.75, 3.05) is 6.54 Å². The minimum atomic E-state index is 0.233. The van der Waals surface area contributed by atoms with Crippen molar-refractivity contribution in [1.82, 2.24) is 5.32 Å². The topological polar surface area (TPSA) is 77.9 Å². The van der Waals surface area contributed by atoms with Crippen molar-refractivity contribution in [2.45, 2.75) is 63.8 Å². The van der Waals surface area contributed by atoms with E-state index in [1.807, 2.05) is 0 Å². The second-order valence-electron chi connectivity index (χ2n) is 7.29. The van der Waals surface area contributed by atoms with E-state index in [-0.39, 0.29) is 5.91 Å². The number of rotatable bonds is 7. The zero-order chi connectivity index (χ0) is 14.7. The van der Waals surface area contributed by atoms with Gasteiger partial charge in [-0.15, -0.1) is 0 Å². The molecule has 0 unspecified atom stereocenters. The van der Waals surface area contributed by atoms with Gasteiger partial charge >= 0.3 is 0 Å². The lowest BCUT2D eigenvalue weighted by Gasteiger charge is -2.54. The van der Waals surface area contributed by atoms with Crippen molar-refractivity contribution in [3.05, 3.63) is 10.4 Å². The van der Waals surface area contributed by atoms with Crippen molar-refractivity contribution in [1.29, 1.82) is 0 Å². The van der Waals surface area contributed by atoms with E-state index in [0.29, 0.717) is 19.0 Å². The molecular formula is C16H26N4O. The monoisotopic (exact) mass is 290 g/mol. The number of nitrogens with zero attached hydrogens (tertiary/aromatic N) is 3. The lowest BCUT2D eigenvalue weighted by Crippen LogP contribution is -2.55. The predicted octanol–water partition coefficient (Wildman–Crippen LogP) is 3.80. The zero-order valence-electron chi connectivity index (χ0n) is 12.7. The Labute approximate surface area is 126 Å². The number of nitrogens with one attached hydrogen (secondary N) is 1. The minimum Gasteiger partial charge on any atom is -0.353 e. The van der Waals surface area contributed by atoms with E-state index in [1.54, 1.807) is 0 Å². The molecule has 0 aromatic carbocycles. The number of hydrogen-bond acceptors (Lipinski definition) is 2. The highest BCUT2D eigenvalue weighted by atomic mass is 16.1. The van der Waals surface area contributed by atoms with E-state index in [2.05, 4.69) is 15.3 Å². The molecule has 4 aliphatic rings. The normalized spacial score (nSPS) is 36.3. The highest BCUT2D eigenvalue weighted by molar-refractivity contribution is 5.76. The molecule has 21 heavy (non-hydrogen) atoms. The van der Waals surface area contributed by atoms with Gasteiger partial charge in [0.2, 0.25) is 5.91 Å². The van der Waals surface area contributed by atoms with Crippen LogP contribution in [0.15, 0.2) is 5.11 Å². The standard InChI is InChI=1S/C16H26N4O/c17-20-18-5-3-1-2-4-15(21)19-16-13-7-11-6-12(9-13)10-14(16)8-11/h11-14,16H,1-10H2,(H,19,21). The number of hydrogen-bond donors (Lipinski definition) is 1. The Kier molecular flexibility index (Phi) is 4.69. The molecule has 0 heterocycles. The van der Waals surface area contributed by atoms with Crippen LogP contribution in [-0.2, 0) is 4.79 Å². The Balaban J connectivity index is 1.38. The van der Waals surface area contributed by atoms with Gasteiger partial charge in [0, 0.05) is 23.9 Å². The van der Waals surface area contributed by atoms with Gasteiger partial charge in [0.1, 0.15) is 0 Å². The molecule has 0 aromatic heterocycles. The Bertz CT molecular complexity index is 402. The third-order valence-electron chi connectivity index (χ3n) is 5.78. The molecule has 5 nitrogen and oxygen atoms in total. The molecule has 4 fully saturated rings. The molecule has 0 saturated heterocycles. The summed E-state index contributed by atoms with van der Waals surface area (Å²) in [5.41, 5.74) is 8.19. The van der Waals surface area contributed by atoms with Crippen LogP contribution in [0.2, 0.25) is 0 Å². The summed E-state index contributed by atoms with van der Waals surface area (Å²) in [5.74, 6) is 3.67. The average Bonchev–Trinajstić information content (AvgIpc) is 2.46. The summed E-state index contributed by atoms with van der Waals surface area (Å²) >= 11 is 0. The fourth-order valence-corrected chi connectivity index (χ4v) is 5.11. The Morgan fingerprint density at radius 1 is 1.05 bits per heavy atom. The van der Waals surface area contributed by atoms with E-state index in [9.17, 15) is 4.79 Å². The van der Waals surface area contributed by atoms with Gasteiger partial charge in [0.15, 0.2) is 0 Å². The van der Waals surface area contributed by atoms with Crippen LogP contribution in [0.3, 0.4) is 0 Å². The second-order valence-corrected chi connectivity index (χ2v) is 7.29. The fourth-order valence-electron chi connectivity index (χ4n) is 5.11. The first-order valence-corrected chi connectivity index (χ1v) is 8.56. The summed E-state index contributed by atoms with van der Waals surface area (Å²) in [5, 5.41) is 6.85. The molecule has 0 aliphatic heterocycles. The van der Waals surface area contributed by atoms with E-state index in [0.717, 1.165) is 42.9 Å². The molecule has 0 radical (unpaired) electrons. The van der Waals surface area contributed by atoms with Gasteiger partial charge in [0.25, 0.3) is 0 Å². The molecule has 5 heteroatoms. The maximum Gasteiger partial charge on any atom is 0.220 e. The van der Waals surface area contributed by atoms with E-state index in [1.165, 1.54) is 32.1 Å². The first kappa shape index (κ1) is 14.7. The second kappa shape index (κ2) is 6.69. The summed E-state index contributed by atoms with van der Waals surface area (Å²) in [6, 6.07) is 0.466. The summed E-state index contributed by atoms with van der Waals surface area (Å²) in [6.45, 7) is 0.549. The van der Waals surface area contributed by atoms with Gasteiger partial charge in [-0.3, -0.25) is 4.79 Å². The maximum absolute atomic E-state index is 12.1. The SMILES string of the molecule is [N-]=[N+]=NCCCCCC(=O)NC1C2CC3CC(C2)CC1C3. The molecule has 4 rings (SSSR count). The van der Waals surface area contributed by atoms with Crippen LogP contribution in [-0.4, -0.2) is 18.5 Å². The molecule has 4 saturated carbocycles. The van der Waals surface area contributed by atoms with Crippen LogP contribution in [0.1, 0.15) is 57.8 Å². The molecule has 0 atom stereocenters. The molecule has 0 aromatic rings. The number of azide groups is 1. The Hall–Kier alpha value is -1.22. The summed E-state index contributed by atoms with van der Waals surface area (Å²) in [6.07, 6.45) is 10.2. The van der Waals surface area contributed by atoms with Crippen molar-refractivity contribution < 1.29 is 4.79 Å². The van der Waals surface area contributed by atoms with Crippen molar-refractivity contribution in [2.24, 2.45) is 28.8 Å². The summed E-state index contributed by atoms with van der Waals surface area (Å²) < 4.78 is 0. The van der Waals surface area contributed by atoms with Crippen molar-refractivity contribution >= 4 is 5.91 Å². The van der Waals surface area contributed by atoms with Gasteiger partial charge in [-0.1, -0.05) is 11.5 Å². The molecule has 116 valence electrons. The van der Waals surface area contributed by atoms with Gasteiger partial charge < -0.3 is 5.32 Å². The quantitative estimate of drug-likeness (QED) is 0.329. The highest BCUT2D eigenvalue weighted by Gasteiger charge is 2.48. The van der Waals surface area contributed by atoms with Crippen LogP contribution in [0, 0.1) is 23.7 Å². The molecular weight excluding hydrogens is 264 g/mol. The van der Waals surface area contributed by atoms with E-state index >= 15 is 0 Å². The largest absolute Gasteiger partial charge is 0.353 e. The minimum absolute atomic E-state index is 0.233. The van der Waals surface area contributed by atoms with E-state index < -0.39 is 0 Å². The number of carbonyl (C=O) groups excluding carboxylic acids is 1. The first-order valence-electron chi connectivity index (χ1n) is 8.56. The van der Waals surface area contributed by atoms with Crippen LogP contribution >= 0.6 is 0 Å². The lowest BCUT2D eigenvalue weighted by molar-refractivity contribution is -0.125. The van der Waals surface area contributed by atoms with Crippen LogP contribution in [0.5, 0.6) is 0 Å². The van der Waals surface area contributed by atoms with Crippen LogP contribution in [0.4, 0.5) is 0 Å². The first-order chi connectivity index (χ1) is 10.3. The third kappa shape index (κ3) is 3.52. The maximum atomic E-state index is 12.1. The highest BCUT2D eigenvalue weighted by Crippen LogP contribution is 2.53. The fraction of sp³-hybridized carbons (Fsp3) is 0.938. The third-order valence-corrected chi connectivity index (χ3v) is 5.78. The summed E-state index contributed by atoms with van der Waals surface area (Å²) in [4.78, 5) is 14.9. The molecule has 0 spiro atoms. The molecule has 1 N–H and O–H groups in total. The van der Waals surface area contributed by atoms with Crippen LogP contribution in [0.25, 0.3) is 10.4 Å². The number of carbonyl (C=O) groups is 1. The molecule has 4 aliphatic carbocycles. The van der Waals surface area contributed by atoms with Crippen molar-refractivity contribution in [3.63, 3.8) is 0 Å². The lowest BCUT2D eigenvalue weighted by atomic mass is 9.54. The number of unbranched alkanes of at least 4 members (excludes halogenated alkanes) is 2. The average molecular weight is 290 g/mol. The zero-order valence-corrected chi connectivity index (χ0v) is 12.7.